The van der Waals surface area contributed by atoms with Crippen LogP contribution < -0.4 is 0 Å². The van der Waals surface area contributed by atoms with Crippen LogP contribution >= 0.6 is 11.6 Å². The van der Waals surface area contributed by atoms with Gasteiger partial charge in [0.05, 0.1) is 16.8 Å². The number of halogens is 3. The van der Waals surface area contributed by atoms with Crippen LogP contribution in [-0.4, -0.2) is 15.5 Å². The van der Waals surface area contributed by atoms with Crippen molar-refractivity contribution in [3.05, 3.63) is 34.4 Å². The van der Waals surface area contributed by atoms with Crippen molar-refractivity contribution in [1.29, 1.82) is 0 Å². The second kappa shape index (κ2) is 5.33. The second-order valence-electron chi connectivity index (χ2n) is 4.35. The van der Waals surface area contributed by atoms with E-state index >= 15 is 0 Å². The first-order chi connectivity index (χ1) is 7.73. The summed E-state index contributed by atoms with van der Waals surface area (Å²) in [5, 5.41) is -0.200. The first kappa shape index (κ1) is 14.4. The molecule has 1 aromatic carbocycles. The van der Waals surface area contributed by atoms with Crippen LogP contribution in [0.2, 0.25) is 5.02 Å². The van der Waals surface area contributed by atoms with Gasteiger partial charge in [-0.05, 0) is 32.9 Å². The summed E-state index contributed by atoms with van der Waals surface area (Å²) in [7, 11) is 0. The van der Waals surface area contributed by atoms with E-state index in [1.165, 1.54) is 0 Å². The monoisotopic (exact) mass is 279 g/mol. The molecule has 0 aliphatic rings. The highest BCUT2D eigenvalue weighted by atomic mass is 35.5. The molecule has 6 heteroatoms. The van der Waals surface area contributed by atoms with Crippen LogP contribution in [0.1, 0.15) is 26.3 Å². The first-order valence-corrected chi connectivity index (χ1v) is 6.31. The van der Waals surface area contributed by atoms with Gasteiger partial charge in [0.15, 0.2) is 5.82 Å². The van der Waals surface area contributed by atoms with Gasteiger partial charge in [-0.3, -0.25) is 0 Å². The van der Waals surface area contributed by atoms with Crippen molar-refractivity contribution in [2.24, 2.45) is 4.40 Å². The highest BCUT2D eigenvalue weighted by Crippen LogP contribution is 2.21. The molecule has 0 unspecified atom stereocenters. The number of rotatable bonds is 2. The largest absolute Gasteiger partial charge is 0.591 e. The molecule has 1 aromatic rings. The van der Waals surface area contributed by atoms with Gasteiger partial charge in [-0.2, -0.15) is 0 Å². The molecule has 0 saturated heterocycles. The van der Waals surface area contributed by atoms with Gasteiger partial charge < -0.3 is 4.55 Å². The molecule has 0 spiro atoms. The first-order valence-electron chi connectivity index (χ1n) is 4.83. The molecule has 0 heterocycles. The third-order valence-electron chi connectivity index (χ3n) is 1.88. The Hall–Kier alpha value is -0.650. The Morgan fingerprint density at radius 1 is 1.35 bits per heavy atom. The number of benzene rings is 1. The van der Waals surface area contributed by atoms with E-state index in [9.17, 15) is 13.3 Å². The van der Waals surface area contributed by atoms with E-state index in [1.807, 2.05) is 0 Å². The van der Waals surface area contributed by atoms with E-state index < -0.39 is 27.7 Å². The van der Waals surface area contributed by atoms with Crippen LogP contribution in [0.4, 0.5) is 8.78 Å². The highest BCUT2D eigenvalue weighted by Gasteiger charge is 2.26. The fourth-order valence-electron chi connectivity index (χ4n) is 0.920. The Balaban J connectivity index is 3.04. The lowest BCUT2D eigenvalue weighted by molar-refractivity contribution is 0.561. The lowest BCUT2D eigenvalue weighted by Gasteiger charge is -2.17. The summed E-state index contributed by atoms with van der Waals surface area (Å²) in [6.45, 7) is 5.14. The summed E-state index contributed by atoms with van der Waals surface area (Å²) >= 11 is 3.94. The lowest BCUT2D eigenvalue weighted by Crippen LogP contribution is -2.25. The molecule has 0 aromatic heterocycles. The van der Waals surface area contributed by atoms with Crippen LogP contribution in [0, 0.1) is 11.6 Å². The summed E-state index contributed by atoms with van der Waals surface area (Å²) in [6.07, 6.45) is 0.915. The maximum Gasteiger partial charge on any atom is 0.153 e. The highest BCUT2D eigenvalue weighted by molar-refractivity contribution is 7.91. The molecule has 0 aliphatic carbocycles. The molecular weight excluding hydrogens is 268 g/mol. The fraction of sp³-hybridized carbons (Fsp3) is 0.364. The van der Waals surface area contributed by atoms with Crippen molar-refractivity contribution >= 4 is 29.2 Å². The summed E-state index contributed by atoms with van der Waals surface area (Å²) < 4.78 is 41.4. The Bertz CT molecular complexity index is 446. The molecule has 0 N–H and O–H groups in total. The Labute approximate surface area is 107 Å². The molecule has 2 nitrogen and oxygen atoms in total. The SMILES string of the molecule is CC(C)(C)[S@+]([O-])N=Cc1c(F)ccc(Cl)c1F. The number of nitrogens with zero attached hydrogens (tertiary/aromatic N) is 1. The van der Waals surface area contributed by atoms with Gasteiger partial charge in [-0.25, -0.2) is 8.78 Å². The van der Waals surface area contributed by atoms with E-state index in [-0.39, 0.29) is 10.6 Å². The van der Waals surface area contributed by atoms with Crippen molar-refractivity contribution in [2.45, 2.75) is 25.5 Å². The van der Waals surface area contributed by atoms with Crippen molar-refractivity contribution in [1.82, 2.24) is 0 Å². The third kappa shape index (κ3) is 3.66. The number of hydrogen-bond donors (Lipinski definition) is 0. The van der Waals surface area contributed by atoms with Gasteiger partial charge >= 0.3 is 0 Å². The molecule has 0 amide bonds. The molecular formula is C11H12ClF2NOS. The average Bonchev–Trinajstić information content (AvgIpc) is 2.22. The Morgan fingerprint density at radius 3 is 2.47 bits per heavy atom. The van der Waals surface area contributed by atoms with Gasteiger partial charge in [0, 0.05) is 0 Å². The topological polar surface area (TPSA) is 35.4 Å². The zero-order valence-corrected chi connectivity index (χ0v) is 11.2. The molecule has 1 atom stereocenters. The summed E-state index contributed by atoms with van der Waals surface area (Å²) in [5.74, 6) is -1.69. The van der Waals surface area contributed by atoms with Gasteiger partial charge in [0.1, 0.15) is 21.9 Å². The van der Waals surface area contributed by atoms with Gasteiger partial charge in [-0.15, -0.1) is 0 Å². The Kier molecular flexibility index (Phi) is 4.52. The normalized spacial score (nSPS) is 14.3. The van der Waals surface area contributed by atoms with Crippen molar-refractivity contribution in [2.75, 3.05) is 0 Å². The molecule has 1 rings (SSSR count). The maximum absolute atomic E-state index is 13.4. The minimum atomic E-state index is -1.57. The van der Waals surface area contributed by atoms with Crippen LogP contribution in [0.15, 0.2) is 16.5 Å². The number of hydrogen-bond acceptors (Lipinski definition) is 2. The summed E-state index contributed by atoms with van der Waals surface area (Å²) in [5.41, 5.74) is -0.380. The second-order valence-corrected chi connectivity index (χ2v) is 6.69. The fourth-order valence-corrected chi connectivity index (χ4v) is 1.60. The van der Waals surface area contributed by atoms with Crippen molar-refractivity contribution in [3.8, 4) is 0 Å². The minimum absolute atomic E-state index is 0.200. The molecule has 0 radical (unpaired) electrons. The lowest BCUT2D eigenvalue weighted by atomic mass is 10.2. The Morgan fingerprint density at radius 2 is 1.94 bits per heavy atom. The zero-order chi connectivity index (χ0) is 13.2. The van der Waals surface area contributed by atoms with E-state index in [1.54, 1.807) is 20.8 Å². The van der Waals surface area contributed by atoms with Gasteiger partial charge in [0.2, 0.25) is 0 Å². The summed E-state index contributed by atoms with van der Waals surface area (Å²) in [4.78, 5) is 0. The molecule has 94 valence electrons. The van der Waals surface area contributed by atoms with Crippen LogP contribution in [0.5, 0.6) is 0 Å². The van der Waals surface area contributed by atoms with E-state index in [4.69, 9.17) is 11.6 Å². The standard InChI is InChI=1S/C11H12ClF2NOS/c1-11(2,3)17(16)15-6-7-9(13)5-4-8(12)10(7)14/h4-6H,1-3H3/t17-/m0/s1. The predicted octanol–water partition coefficient (Wildman–Crippen LogP) is 3.50. The van der Waals surface area contributed by atoms with E-state index in [0.29, 0.717) is 0 Å². The molecule has 0 saturated carbocycles. The van der Waals surface area contributed by atoms with E-state index in [2.05, 4.69) is 4.40 Å². The zero-order valence-electron chi connectivity index (χ0n) is 9.63. The maximum atomic E-state index is 13.4. The van der Waals surface area contributed by atoms with Crippen LogP contribution in [0.3, 0.4) is 0 Å². The third-order valence-corrected chi connectivity index (χ3v) is 3.52. The predicted molar refractivity (Wildman–Crippen MR) is 66.9 cm³/mol. The van der Waals surface area contributed by atoms with Crippen molar-refractivity contribution in [3.63, 3.8) is 0 Å². The van der Waals surface area contributed by atoms with Crippen LogP contribution in [0.25, 0.3) is 0 Å². The molecule has 0 aliphatic heterocycles. The molecule has 0 bridgehead atoms. The minimum Gasteiger partial charge on any atom is -0.591 e. The molecule has 0 fully saturated rings. The van der Waals surface area contributed by atoms with Crippen molar-refractivity contribution < 1.29 is 13.3 Å². The quantitative estimate of drug-likeness (QED) is 0.464. The van der Waals surface area contributed by atoms with Gasteiger partial charge in [0.25, 0.3) is 0 Å². The summed E-state index contributed by atoms with van der Waals surface area (Å²) in [6, 6.07) is 2.15. The van der Waals surface area contributed by atoms with Crippen LogP contribution in [-0.2, 0) is 11.4 Å². The van der Waals surface area contributed by atoms with E-state index in [0.717, 1.165) is 18.3 Å². The smallest absolute Gasteiger partial charge is 0.153 e. The van der Waals surface area contributed by atoms with Gasteiger partial charge in [-0.1, -0.05) is 16.0 Å². The molecule has 17 heavy (non-hydrogen) atoms. The average molecular weight is 280 g/mol.